The van der Waals surface area contributed by atoms with Gasteiger partial charge in [0.15, 0.2) is 5.82 Å². The number of nitrogens with two attached hydrogens (primary N) is 1. The second-order valence-electron chi connectivity index (χ2n) is 3.66. The van der Waals surface area contributed by atoms with Crippen LogP contribution in [-0.4, -0.2) is 17.1 Å². The molecule has 0 bridgehead atoms. The van der Waals surface area contributed by atoms with E-state index >= 15 is 0 Å². The smallest absolute Gasteiger partial charge is 0.163 e. The molecule has 0 spiro atoms. The highest BCUT2D eigenvalue weighted by Gasteiger charge is 2.09. The number of hydrogen-bond donors (Lipinski definition) is 1. The van der Waals surface area contributed by atoms with Gasteiger partial charge >= 0.3 is 0 Å². The van der Waals surface area contributed by atoms with E-state index < -0.39 is 0 Å². The fraction of sp³-hybridized carbons (Fsp3) is 0.167. The van der Waals surface area contributed by atoms with Gasteiger partial charge in [-0.3, -0.25) is 0 Å². The summed E-state index contributed by atoms with van der Waals surface area (Å²) in [7, 11) is 1.60. The van der Waals surface area contributed by atoms with E-state index in [1.165, 1.54) is 0 Å². The van der Waals surface area contributed by atoms with Crippen molar-refractivity contribution in [1.29, 1.82) is 0 Å². The molecule has 2 N–H and O–H groups in total. The summed E-state index contributed by atoms with van der Waals surface area (Å²) in [4.78, 5) is 8.56. The average Bonchev–Trinajstić information content (AvgIpc) is 2.28. The van der Waals surface area contributed by atoms with Crippen LogP contribution in [0.3, 0.4) is 0 Å². The molecule has 2 aromatic rings. The quantitative estimate of drug-likeness (QED) is 0.939. The summed E-state index contributed by atoms with van der Waals surface area (Å²) in [6.07, 6.45) is 0. The van der Waals surface area contributed by atoms with Crippen LogP contribution in [0.2, 0.25) is 5.02 Å². The first-order valence-electron chi connectivity index (χ1n) is 5.18. The summed E-state index contributed by atoms with van der Waals surface area (Å²) >= 11 is 9.52. The number of ether oxygens (including phenoxy) is 1. The molecular weight excluding hydrogens is 318 g/mol. The third-order valence-corrected chi connectivity index (χ3v) is 3.07. The van der Waals surface area contributed by atoms with E-state index in [0.717, 1.165) is 15.7 Å². The minimum absolute atomic E-state index is 0.383. The SMILES string of the molecule is COCc1cc(N)nc(-c2ccc(Br)cc2Cl)n1. The van der Waals surface area contributed by atoms with Crippen molar-refractivity contribution in [2.75, 3.05) is 12.8 Å². The normalized spacial score (nSPS) is 10.6. The number of nitrogens with zero attached hydrogens (tertiary/aromatic N) is 2. The van der Waals surface area contributed by atoms with Gasteiger partial charge in [-0.25, -0.2) is 9.97 Å². The largest absolute Gasteiger partial charge is 0.384 e. The highest BCUT2D eigenvalue weighted by molar-refractivity contribution is 9.10. The number of halogens is 2. The molecule has 0 aliphatic carbocycles. The van der Waals surface area contributed by atoms with Crippen molar-refractivity contribution in [2.24, 2.45) is 0 Å². The van der Waals surface area contributed by atoms with Crippen molar-refractivity contribution < 1.29 is 4.74 Å². The number of benzene rings is 1. The summed E-state index contributed by atoms with van der Waals surface area (Å²) in [5.74, 6) is 0.894. The maximum absolute atomic E-state index is 6.16. The molecule has 0 fully saturated rings. The van der Waals surface area contributed by atoms with Gasteiger partial charge in [-0.05, 0) is 18.2 Å². The maximum atomic E-state index is 6.16. The molecule has 94 valence electrons. The fourth-order valence-corrected chi connectivity index (χ4v) is 2.29. The van der Waals surface area contributed by atoms with E-state index in [1.54, 1.807) is 19.2 Å². The minimum Gasteiger partial charge on any atom is -0.384 e. The molecule has 0 atom stereocenters. The Morgan fingerprint density at radius 1 is 1.33 bits per heavy atom. The van der Waals surface area contributed by atoms with Crippen molar-refractivity contribution in [3.8, 4) is 11.4 Å². The van der Waals surface area contributed by atoms with Crippen molar-refractivity contribution in [1.82, 2.24) is 9.97 Å². The Morgan fingerprint density at radius 2 is 2.11 bits per heavy atom. The van der Waals surface area contributed by atoms with Gasteiger partial charge in [0.1, 0.15) is 5.82 Å². The van der Waals surface area contributed by atoms with Crippen molar-refractivity contribution >= 4 is 33.3 Å². The molecule has 6 heteroatoms. The molecule has 2 rings (SSSR count). The third-order valence-electron chi connectivity index (χ3n) is 2.26. The predicted octanol–water partition coefficient (Wildman–Crippen LogP) is 3.29. The Labute approximate surface area is 118 Å². The van der Waals surface area contributed by atoms with Gasteiger partial charge in [0, 0.05) is 23.2 Å². The first-order chi connectivity index (χ1) is 8.60. The van der Waals surface area contributed by atoms with E-state index in [2.05, 4.69) is 25.9 Å². The van der Waals surface area contributed by atoms with E-state index in [-0.39, 0.29) is 0 Å². The van der Waals surface area contributed by atoms with Crippen LogP contribution >= 0.6 is 27.5 Å². The number of hydrogen-bond acceptors (Lipinski definition) is 4. The van der Waals surface area contributed by atoms with Gasteiger partial charge in [-0.2, -0.15) is 0 Å². The van der Waals surface area contributed by atoms with Gasteiger partial charge in [0.2, 0.25) is 0 Å². The van der Waals surface area contributed by atoms with E-state index in [1.807, 2.05) is 12.1 Å². The molecule has 0 unspecified atom stereocenters. The Bertz CT molecular complexity index is 577. The lowest BCUT2D eigenvalue weighted by molar-refractivity contribution is 0.181. The topological polar surface area (TPSA) is 61.0 Å². The molecule has 0 aliphatic rings. The zero-order chi connectivity index (χ0) is 13.1. The van der Waals surface area contributed by atoms with Gasteiger partial charge in [0.25, 0.3) is 0 Å². The molecule has 1 aromatic heterocycles. The maximum Gasteiger partial charge on any atom is 0.163 e. The zero-order valence-corrected chi connectivity index (χ0v) is 12.0. The molecule has 0 saturated carbocycles. The van der Waals surface area contributed by atoms with Gasteiger partial charge in [-0.15, -0.1) is 0 Å². The van der Waals surface area contributed by atoms with E-state index in [0.29, 0.717) is 23.3 Å². The Hall–Kier alpha value is -1.17. The van der Waals surface area contributed by atoms with Crippen LogP contribution in [0.25, 0.3) is 11.4 Å². The van der Waals surface area contributed by atoms with Crippen LogP contribution in [-0.2, 0) is 11.3 Å². The van der Waals surface area contributed by atoms with Gasteiger partial charge < -0.3 is 10.5 Å². The monoisotopic (exact) mass is 327 g/mol. The number of rotatable bonds is 3. The number of aromatic nitrogens is 2. The third kappa shape index (κ3) is 2.98. The van der Waals surface area contributed by atoms with Crippen molar-refractivity contribution in [3.63, 3.8) is 0 Å². The lowest BCUT2D eigenvalue weighted by atomic mass is 10.2. The summed E-state index contributed by atoms with van der Waals surface area (Å²) in [6.45, 7) is 0.383. The second kappa shape index (κ2) is 5.65. The molecule has 1 heterocycles. The van der Waals surface area contributed by atoms with Crippen LogP contribution in [0.4, 0.5) is 5.82 Å². The molecular formula is C12H11BrClN3O. The highest BCUT2D eigenvalue weighted by atomic mass is 79.9. The second-order valence-corrected chi connectivity index (χ2v) is 4.99. The number of nitrogen functional groups attached to an aromatic ring is 1. The Morgan fingerprint density at radius 3 is 2.78 bits per heavy atom. The average molecular weight is 329 g/mol. The van der Waals surface area contributed by atoms with E-state index in [9.17, 15) is 0 Å². The molecule has 0 radical (unpaired) electrons. The van der Waals surface area contributed by atoms with E-state index in [4.69, 9.17) is 22.1 Å². The van der Waals surface area contributed by atoms with Crippen LogP contribution in [0.1, 0.15) is 5.69 Å². The standard InChI is InChI=1S/C12H11BrClN3O/c1-18-6-8-5-11(15)17-12(16-8)9-3-2-7(13)4-10(9)14/h2-5H,6H2,1H3,(H2,15,16,17). The summed E-state index contributed by atoms with van der Waals surface area (Å²) < 4.78 is 5.94. The minimum atomic E-state index is 0.383. The molecule has 0 amide bonds. The van der Waals surface area contributed by atoms with Crippen LogP contribution in [0.15, 0.2) is 28.7 Å². The van der Waals surface area contributed by atoms with Crippen LogP contribution < -0.4 is 5.73 Å². The zero-order valence-electron chi connectivity index (χ0n) is 9.65. The number of anilines is 1. The lowest BCUT2D eigenvalue weighted by Gasteiger charge is -2.07. The summed E-state index contributed by atoms with van der Waals surface area (Å²) in [5.41, 5.74) is 7.21. The Kier molecular flexibility index (Phi) is 4.16. The molecule has 0 aliphatic heterocycles. The summed E-state index contributed by atoms with van der Waals surface area (Å²) in [6, 6.07) is 7.20. The first kappa shape index (κ1) is 13.3. The lowest BCUT2D eigenvalue weighted by Crippen LogP contribution is -2.01. The highest BCUT2D eigenvalue weighted by Crippen LogP contribution is 2.28. The summed E-state index contributed by atoms with van der Waals surface area (Å²) in [5, 5.41) is 0.568. The fourth-order valence-electron chi connectivity index (χ4n) is 1.53. The van der Waals surface area contributed by atoms with Crippen LogP contribution in [0, 0.1) is 0 Å². The van der Waals surface area contributed by atoms with Crippen LogP contribution in [0.5, 0.6) is 0 Å². The first-order valence-corrected chi connectivity index (χ1v) is 6.35. The molecule has 4 nitrogen and oxygen atoms in total. The molecule has 1 aromatic carbocycles. The van der Waals surface area contributed by atoms with Gasteiger partial charge in [-0.1, -0.05) is 27.5 Å². The van der Waals surface area contributed by atoms with Crippen molar-refractivity contribution in [3.05, 3.63) is 39.5 Å². The predicted molar refractivity (Wildman–Crippen MR) is 75.3 cm³/mol. The molecule has 0 saturated heterocycles. The molecule has 18 heavy (non-hydrogen) atoms. The Balaban J connectivity index is 2.49. The van der Waals surface area contributed by atoms with Gasteiger partial charge in [0.05, 0.1) is 17.3 Å². The number of methoxy groups -OCH3 is 1. The van der Waals surface area contributed by atoms with Crippen molar-refractivity contribution in [2.45, 2.75) is 6.61 Å².